The van der Waals surface area contributed by atoms with Gasteiger partial charge in [0, 0.05) is 7.11 Å². The standard InChI is InChI=1S/C16H34O/c1-4-6-8-10-12-14-16(17-3)15-13-11-9-7-5-2/h16H,4-15H2,1-3H3. The fourth-order valence-corrected chi connectivity index (χ4v) is 2.33. The van der Waals surface area contributed by atoms with Crippen LogP contribution in [0.4, 0.5) is 0 Å². The first-order chi connectivity index (χ1) is 8.35. The van der Waals surface area contributed by atoms with Crippen LogP contribution in [0.1, 0.15) is 90.9 Å². The van der Waals surface area contributed by atoms with Crippen LogP contribution >= 0.6 is 0 Å². The number of rotatable bonds is 13. The Morgan fingerprint density at radius 2 is 1.06 bits per heavy atom. The Bertz CT molecular complexity index is 119. The lowest BCUT2D eigenvalue weighted by Gasteiger charge is -2.14. The Balaban J connectivity index is 3.30. The first-order valence-electron chi connectivity index (χ1n) is 7.87. The van der Waals surface area contributed by atoms with Gasteiger partial charge in [0.2, 0.25) is 0 Å². The van der Waals surface area contributed by atoms with Crippen LogP contribution in [-0.2, 0) is 4.74 Å². The van der Waals surface area contributed by atoms with Gasteiger partial charge in [-0.1, -0.05) is 78.1 Å². The van der Waals surface area contributed by atoms with E-state index >= 15 is 0 Å². The topological polar surface area (TPSA) is 9.23 Å². The first-order valence-corrected chi connectivity index (χ1v) is 7.87. The SMILES string of the molecule is CCCCCCCC(CCCCCCC)OC. The average Bonchev–Trinajstić information content (AvgIpc) is 2.36. The van der Waals surface area contributed by atoms with Crippen LogP contribution in [0, 0.1) is 0 Å². The largest absolute Gasteiger partial charge is 0.381 e. The Labute approximate surface area is 109 Å². The van der Waals surface area contributed by atoms with Crippen molar-refractivity contribution in [1.29, 1.82) is 0 Å². The molecule has 0 atom stereocenters. The molecule has 0 saturated carbocycles. The van der Waals surface area contributed by atoms with Crippen molar-refractivity contribution in [2.45, 2.75) is 97.0 Å². The number of hydrogen-bond acceptors (Lipinski definition) is 1. The second-order valence-corrected chi connectivity index (χ2v) is 5.26. The molecule has 0 aromatic carbocycles. The number of hydrogen-bond donors (Lipinski definition) is 0. The molecule has 0 spiro atoms. The number of methoxy groups -OCH3 is 1. The maximum Gasteiger partial charge on any atom is 0.0571 e. The van der Waals surface area contributed by atoms with Crippen LogP contribution in [-0.4, -0.2) is 13.2 Å². The molecule has 0 aromatic rings. The van der Waals surface area contributed by atoms with Gasteiger partial charge in [0.25, 0.3) is 0 Å². The van der Waals surface area contributed by atoms with E-state index in [1.165, 1.54) is 77.0 Å². The minimum absolute atomic E-state index is 0.526. The number of ether oxygens (including phenoxy) is 1. The molecule has 0 fully saturated rings. The first kappa shape index (κ1) is 17.0. The molecule has 0 unspecified atom stereocenters. The minimum atomic E-state index is 0.526. The summed E-state index contributed by atoms with van der Waals surface area (Å²) in [6, 6.07) is 0. The predicted octanol–water partition coefficient (Wildman–Crippen LogP) is 5.72. The van der Waals surface area contributed by atoms with Crippen molar-refractivity contribution in [3.8, 4) is 0 Å². The Morgan fingerprint density at radius 1 is 0.647 bits per heavy atom. The van der Waals surface area contributed by atoms with Crippen molar-refractivity contribution < 1.29 is 4.74 Å². The normalized spacial score (nSPS) is 11.3. The van der Waals surface area contributed by atoms with Crippen molar-refractivity contribution in [1.82, 2.24) is 0 Å². The quantitative estimate of drug-likeness (QED) is 0.375. The monoisotopic (exact) mass is 242 g/mol. The second-order valence-electron chi connectivity index (χ2n) is 5.26. The molecule has 1 heteroatoms. The molecule has 0 aliphatic rings. The summed E-state index contributed by atoms with van der Waals surface area (Å²) in [6.07, 6.45) is 16.8. The zero-order chi connectivity index (χ0) is 12.8. The van der Waals surface area contributed by atoms with E-state index < -0.39 is 0 Å². The van der Waals surface area contributed by atoms with Crippen LogP contribution in [0.5, 0.6) is 0 Å². The summed E-state index contributed by atoms with van der Waals surface area (Å²) < 4.78 is 5.56. The van der Waals surface area contributed by atoms with E-state index in [2.05, 4.69) is 13.8 Å². The zero-order valence-electron chi connectivity index (χ0n) is 12.5. The lowest BCUT2D eigenvalue weighted by Crippen LogP contribution is -2.10. The van der Waals surface area contributed by atoms with Gasteiger partial charge in [-0.25, -0.2) is 0 Å². The third kappa shape index (κ3) is 12.2. The van der Waals surface area contributed by atoms with Crippen molar-refractivity contribution in [2.75, 3.05) is 7.11 Å². The van der Waals surface area contributed by atoms with Gasteiger partial charge in [0.15, 0.2) is 0 Å². The molecule has 1 nitrogen and oxygen atoms in total. The summed E-state index contributed by atoms with van der Waals surface area (Å²) in [4.78, 5) is 0. The molecule has 0 heterocycles. The zero-order valence-corrected chi connectivity index (χ0v) is 12.5. The summed E-state index contributed by atoms with van der Waals surface area (Å²) in [7, 11) is 1.88. The van der Waals surface area contributed by atoms with E-state index in [0.29, 0.717) is 6.10 Å². The fourth-order valence-electron chi connectivity index (χ4n) is 2.33. The molecule has 0 saturated heterocycles. The van der Waals surface area contributed by atoms with Crippen molar-refractivity contribution in [3.63, 3.8) is 0 Å². The highest BCUT2D eigenvalue weighted by Crippen LogP contribution is 2.15. The molecule has 0 bridgehead atoms. The molecular weight excluding hydrogens is 208 g/mol. The Hall–Kier alpha value is -0.0400. The van der Waals surface area contributed by atoms with Crippen LogP contribution in [0.25, 0.3) is 0 Å². The van der Waals surface area contributed by atoms with E-state index in [9.17, 15) is 0 Å². The van der Waals surface area contributed by atoms with E-state index in [-0.39, 0.29) is 0 Å². The van der Waals surface area contributed by atoms with E-state index in [1.807, 2.05) is 7.11 Å². The van der Waals surface area contributed by atoms with Crippen molar-refractivity contribution in [2.24, 2.45) is 0 Å². The van der Waals surface area contributed by atoms with Crippen LogP contribution in [0.15, 0.2) is 0 Å². The van der Waals surface area contributed by atoms with Gasteiger partial charge in [-0.2, -0.15) is 0 Å². The van der Waals surface area contributed by atoms with Gasteiger partial charge in [-0.05, 0) is 12.8 Å². The van der Waals surface area contributed by atoms with Gasteiger partial charge < -0.3 is 4.74 Å². The van der Waals surface area contributed by atoms with Gasteiger partial charge in [0.1, 0.15) is 0 Å². The van der Waals surface area contributed by atoms with Crippen LogP contribution in [0.2, 0.25) is 0 Å². The lowest BCUT2D eigenvalue weighted by atomic mass is 10.0. The van der Waals surface area contributed by atoms with E-state index in [0.717, 1.165) is 0 Å². The van der Waals surface area contributed by atoms with Crippen molar-refractivity contribution in [3.05, 3.63) is 0 Å². The van der Waals surface area contributed by atoms with Gasteiger partial charge in [-0.15, -0.1) is 0 Å². The van der Waals surface area contributed by atoms with E-state index in [1.54, 1.807) is 0 Å². The average molecular weight is 242 g/mol. The van der Waals surface area contributed by atoms with Gasteiger partial charge in [0.05, 0.1) is 6.10 Å². The molecule has 0 amide bonds. The second kappa shape index (κ2) is 14.0. The molecule has 104 valence electrons. The van der Waals surface area contributed by atoms with Crippen molar-refractivity contribution >= 4 is 0 Å². The summed E-state index contributed by atoms with van der Waals surface area (Å²) in [5.74, 6) is 0. The third-order valence-corrected chi connectivity index (χ3v) is 3.59. The highest BCUT2D eigenvalue weighted by atomic mass is 16.5. The summed E-state index contributed by atoms with van der Waals surface area (Å²) in [5.41, 5.74) is 0. The maximum atomic E-state index is 5.56. The Kier molecular flexibility index (Phi) is 14.0. The molecule has 0 aliphatic carbocycles. The molecule has 17 heavy (non-hydrogen) atoms. The molecule has 0 aliphatic heterocycles. The fraction of sp³-hybridized carbons (Fsp3) is 1.00. The summed E-state index contributed by atoms with van der Waals surface area (Å²) in [5, 5.41) is 0. The Morgan fingerprint density at radius 3 is 1.41 bits per heavy atom. The van der Waals surface area contributed by atoms with Crippen LogP contribution in [0.3, 0.4) is 0 Å². The highest BCUT2D eigenvalue weighted by molar-refractivity contribution is 4.59. The lowest BCUT2D eigenvalue weighted by molar-refractivity contribution is 0.0832. The maximum absolute atomic E-state index is 5.56. The summed E-state index contributed by atoms with van der Waals surface area (Å²) in [6.45, 7) is 4.54. The van der Waals surface area contributed by atoms with Crippen LogP contribution < -0.4 is 0 Å². The molecule has 0 rings (SSSR count). The number of unbranched alkanes of at least 4 members (excludes halogenated alkanes) is 8. The molecule has 0 N–H and O–H groups in total. The van der Waals surface area contributed by atoms with Gasteiger partial charge >= 0.3 is 0 Å². The minimum Gasteiger partial charge on any atom is -0.381 e. The highest BCUT2D eigenvalue weighted by Gasteiger charge is 2.06. The smallest absolute Gasteiger partial charge is 0.0571 e. The van der Waals surface area contributed by atoms with E-state index in [4.69, 9.17) is 4.74 Å². The third-order valence-electron chi connectivity index (χ3n) is 3.59. The summed E-state index contributed by atoms with van der Waals surface area (Å²) >= 11 is 0. The molecule has 0 radical (unpaired) electrons. The predicted molar refractivity (Wildman–Crippen MR) is 77.5 cm³/mol. The molecular formula is C16H34O. The van der Waals surface area contributed by atoms with Gasteiger partial charge in [-0.3, -0.25) is 0 Å². The molecule has 0 aromatic heterocycles.